The average Bonchev–Trinajstić information content (AvgIpc) is 3.01. The monoisotopic (exact) mass is 528 g/mol. The predicted molar refractivity (Wildman–Crippen MR) is 163 cm³/mol. The zero-order valence-electron chi connectivity index (χ0n) is 22.6. The fourth-order valence-electron chi connectivity index (χ4n) is 5.73. The lowest BCUT2D eigenvalue weighted by atomic mass is 9.83. The van der Waals surface area contributed by atoms with Gasteiger partial charge < -0.3 is 4.52 Å². The predicted octanol–water partition coefficient (Wildman–Crippen LogP) is 9.30. The van der Waals surface area contributed by atoms with E-state index < -0.39 is 8.03 Å². The van der Waals surface area contributed by atoms with Crippen LogP contribution in [0.4, 0.5) is 0 Å². The van der Waals surface area contributed by atoms with Crippen molar-refractivity contribution in [2.75, 3.05) is 0 Å². The van der Waals surface area contributed by atoms with Crippen molar-refractivity contribution in [1.82, 2.24) is 0 Å². The Kier molecular flexibility index (Phi) is 6.98. The molecule has 6 rings (SSSR count). The summed E-state index contributed by atoms with van der Waals surface area (Å²) in [6.07, 6.45) is 0. The Morgan fingerprint density at radius 1 is 0.513 bits per heavy atom. The molecule has 194 valence electrons. The molecule has 2 nitrogen and oxygen atoms in total. The summed E-state index contributed by atoms with van der Waals surface area (Å²) in [5, 5.41) is 0.815. The van der Waals surface area contributed by atoms with Crippen molar-refractivity contribution in [3.8, 4) is 16.9 Å². The van der Waals surface area contributed by atoms with Gasteiger partial charge in [-0.25, -0.2) is 0 Å². The SMILES string of the molecule is CC(c1ccccc1)c1cc2c(c(C(C)c3ccccc3)c1)O[PH](=O)c1cc(C(C)c3ccccc3)ccc1-2. The topological polar surface area (TPSA) is 26.3 Å². The van der Waals surface area contributed by atoms with Crippen molar-refractivity contribution in [2.24, 2.45) is 0 Å². The molecule has 5 aromatic carbocycles. The van der Waals surface area contributed by atoms with Crippen LogP contribution in [0.25, 0.3) is 11.1 Å². The molecular weight excluding hydrogens is 495 g/mol. The van der Waals surface area contributed by atoms with E-state index in [0.29, 0.717) is 0 Å². The molecule has 0 bridgehead atoms. The van der Waals surface area contributed by atoms with Gasteiger partial charge in [0.25, 0.3) is 8.03 Å². The lowest BCUT2D eigenvalue weighted by molar-refractivity contribution is 0.509. The van der Waals surface area contributed by atoms with E-state index in [4.69, 9.17) is 4.52 Å². The lowest BCUT2D eigenvalue weighted by Crippen LogP contribution is -2.15. The smallest absolute Gasteiger partial charge is 0.266 e. The van der Waals surface area contributed by atoms with Gasteiger partial charge >= 0.3 is 0 Å². The van der Waals surface area contributed by atoms with Crippen LogP contribution in [0.1, 0.15) is 71.9 Å². The van der Waals surface area contributed by atoms with Gasteiger partial charge in [0.05, 0.1) is 5.30 Å². The molecule has 0 radical (unpaired) electrons. The molecule has 1 heterocycles. The molecule has 3 heteroatoms. The summed E-state index contributed by atoms with van der Waals surface area (Å²) < 4.78 is 20.0. The number of fused-ring (bicyclic) bond motifs is 3. The summed E-state index contributed by atoms with van der Waals surface area (Å²) >= 11 is 0. The Bertz CT molecular complexity index is 1630. The second kappa shape index (κ2) is 10.7. The van der Waals surface area contributed by atoms with Crippen LogP contribution >= 0.6 is 8.03 Å². The maximum Gasteiger partial charge on any atom is 0.266 e. The summed E-state index contributed by atoms with van der Waals surface area (Å²) in [6, 6.07) is 42.5. The Morgan fingerprint density at radius 3 is 1.59 bits per heavy atom. The quantitative estimate of drug-likeness (QED) is 0.205. The van der Waals surface area contributed by atoms with E-state index in [1.54, 1.807) is 0 Å². The largest absolute Gasteiger partial charge is 0.441 e. The average molecular weight is 529 g/mol. The minimum atomic E-state index is -2.47. The molecule has 0 aliphatic carbocycles. The molecule has 1 aliphatic rings. The molecule has 0 saturated heterocycles. The third-order valence-corrected chi connectivity index (χ3v) is 9.50. The van der Waals surface area contributed by atoms with Gasteiger partial charge in [0.1, 0.15) is 5.75 Å². The van der Waals surface area contributed by atoms with Crippen molar-refractivity contribution in [1.29, 1.82) is 0 Å². The summed E-state index contributed by atoms with van der Waals surface area (Å²) in [6.45, 7) is 6.67. The highest BCUT2D eigenvalue weighted by Gasteiger charge is 2.29. The first-order valence-corrected chi connectivity index (χ1v) is 15.0. The third kappa shape index (κ3) is 4.86. The third-order valence-electron chi connectivity index (χ3n) is 8.25. The van der Waals surface area contributed by atoms with Gasteiger partial charge in [-0.1, -0.05) is 130 Å². The van der Waals surface area contributed by atoms with E-state index in [9.17, 15) is 4.57 Å². The van der Waals surface area contributed by atoms with Gasteiger partial charge in [-0.3, -0.25) is 4.57 Å². The Balaban J connectivity index is 1.51. The molecule has 4 unspecified atom stereocenters. The fraction of sp³-hybridized carbons (Fsp3) is 0.167. The molecule has 0 N–H and O–H groups in total. The molecule has 39 heavy (non-hydrogen) atoms. The van der Waals surface area contributed by atoms with Crippen LogP contribution in [-0.2, 0) is 4.57 Å². The van der Waals surface area contributed by atoms with Crippen molar-refractivity contribution in [2.45, 2.75) is 38.5 Å². The highest BCUT2D eigenvalue weighted by molar-refractivity contribution is 7.49. The maximum absolute atomic E-state index is 13.7. The maximum atomic E-state index is 13.7. The second-order valence-electron chi connectivity index (χ2n) is 10.6. The molecule has 0 amide bonds. The molecule has 0 fully saturated rings. The van der Waals surface area contributed by atoms with E-state index >= 15 is 0 Å². The summed E-state index contributed by atoms with van der Waals surface area (Å²) in [5.41, 5.74) is 9.25. The van der Waals surface area contributed by atoms with E-state index in [-0.39, 0.29) is 17.8 Å². The number of hydrogen-bond donors (Lipinski definition) is 0. The molecule has 4 atom stereocenters. The van der Waals surface area contributed by atoms with E-state index in [1.807, 2.05) is 12.1 Å². The van der Waals surface area contributed by atoms with Gasteiger partial charge in [0.2, 0.25) is 0 Å². The van der Waals surface area contributed by atoms with Crippen molar-refractivity contribution in [3.63, 3.8) is 0 Å². The van der Waals surface area contributed by atoms with E-state index in [2.05, 4.69) is 130 Å². The van der Waals surface area contributed by atoms with Crippen LogP contribution in [0, 0.1) is 0 Å². The standard InChI is InChI=1S/C36H33O2P/c1-24(27-13-7-4-8-14-27)30-19-20-32-34-22-31(25(2)28-15-9-5-10-16-28)21-33(26(3)29-17-11-6-12-18-29)36(34)38-39(37)35(32)23-30/h4-26,39H,1-3H3. The van der Waals surface area contributed by atoms with Crippen LogP contribution in [0.15, 0.2) is 121 Å². The Labute approximate surface area is 232 Å². The van der Waals surface area contributed by atoms with Gasteiger partial charge in [-0.2, -0.15) is 0 Å². The van der Waals surface area contributed by atoms with Gasteiger partial charge in [-0.05, 0) is 45.5 Å². The molecular formula is C36H33O2P. The summed E-state index contributed by atoms with van der Waals surface area (Å²) in [5.74, 6) is 1.26. The second-order valence-corrected chi connectivity index (χ2v) is 11.9. The molecule has 0 saturated carbocycles. The van der Waals surface area contributed by atoms with Crippen molar-refractivity contribution >= 4 is 13.3 Å². The minimum Gasteiger partial charge on any atom is -0.441 e. The first kappa shape index (κ1) is 25.4. The molecule has 0 aromatic heterocycles. The minimum absolute atomic E-state index is 0.0941. The van der Waals surface area contributed by atoms with Gasteiger partial charge in [0.15, 0.2) is 0 Å². The zero-order valence-corrected chi connectivity index (χ0v) is 23.6. The normalized spacial score (nSPS) is 16.3. The number of rotatable bonds is 6. The van der Waals surface area contributed by atoms with Crippen molar-refractivity contribution in [3.05, 3.63) is 155 Å². The summed E-state index contributed by atoms with van der Waals surface area (Å²) in [7, 11) is -2.47. The Hall–Kier alpha value is -3.87. The van der Waals surface area contributed by atoms with Crippen molar-refractivity contribution < 1.29 is 9.09 Å². The molecule has 5 aromatic rings. The first-order chi connectivity index (χ1) is 19.0. The zero-order chi connectivity index (χ0) is 26.9. The molecule has 0 spiro atoms. The van der Waals surface area contributed by atoms with Crippen LogP contribution in [0.5, 0.6) is 5.75 Å². The van der Waals surface area contributed by atoms with E-state index in [0.717, 1.165) is 33.3 Å². The van der Waals surface area contributed by atoms with Crippen LogP contribution in [0.3, 0.4) is 0 Å². The van der Waals surface area contributed by atoms with Crippen LogP contribution in [-0.4, -0.2) is 0 Å². The van der Waals surface area contributed by atoms with Gasteiger partial charge in [-0.15, -0.1) is 0 Å². The summed E-state index contributed by atoms with van der Waals surface area (Å²) in [4.78, 5) is 0. The fourth-order valence-corrected chi connectivity index (χ4v) is 6.98. The van der Waals surface area contributed by atoms with Crippen LogP contribution < -0.4 is 9.83 Å². The molecule has 1 aliphatic heterocycles. The van der Waals surface area contributed by atoms with Crippen LogP contribution in [0.2, 0.25) is 0 Å². The lowest BCUT2D eigenvalue weighted by Gasteiger charge is -2.28. The highest BCUT2D eigenvalue weighted by atomic mass is 31.1. The highest BCUT2D eigenvalue weighted by Crippen LogP contribution is 2.49. The first-order valence-electron chi connectivity index (χ1n) is 13.7. The number of hydrogen-bond acceptors (Lipinski definition) is 2. The van der Waals surface area contributed by atoms with Gasteiger partial charge in [0, 0.05) is 28.9 Å². The Morgan fingerprint density at radius 2 is 1.03 bits per heavy atom. The van der Waals surface area contributed by atoms with E-state index in [1.165, 1.54) is 22.3 Å². The number of benzene rings is 5.